The Kier molecular flexibility index (Phi) is 3.61. The quantitative estimate of drug-likeness (QED) is 0.739. The molecule has 2 aromatic rings. The highest BCUT2D eigenvalue weighted by Gasteiger charge is 2.11. The number of rotatable bonds is 2. The molecule has 0 aliphatic rings. The van der Waals surface area contributed by atoms with Crippen LogP contribution in [-0.2, 0) is 0 Å². The van der Waals surface area contributed by atoms with Gasteiger partial charge in [0.05, 0.1) is 3.57 Å². The van der Waals surface area contributed by atoms with E-state index in [1.165, 1.54) is 0 Å². The second-order valence-corrected chi connectivity index (χ2v) is 5.03. The van der Waals surface area contributed by atoms with Crippen molar-refractivity contribution in [2.45, 2.75) is 0 Å². The second kappa shape index (κ2) is 4.97. The molecule has 1 heterocycles. The number of fused-ring (bicyclic) bond motifs is 1. The molecule has 0 bridgehead atoms. The Morgan fingerprint density at radius 3 is 3.12 bits per heavy atom. The first kappa shape index (κ1) is 11.6. The number of nitrogens with zero attached hydrogens (tertiary/aromatic N) is 2. The number of aromatic nitrogens is 1. The molecule has 0 amide bonds. The minimum atomic E-state index is 0.0311. The Labute approximate surface area is 115 Å². The van der Waals surface area contributed by atoms with Crippen LogP contribution in [0.1, 0.15) is 0 Å². The Balaban J connectivity index is 2.67. The lowest BCUT2D eigenvalue weighted by atomic mass is 10.2. The van der Waals surface area contributed by atoms with Crippen LogP contribution in [0, 0.1) is 14.9 Å². The molecule has 0 atom stereocenters. The highest BCUT2D eigenvalue weighted by Crippen LogP contribution is 2.34. The van der Waals surface area contributed by atoms with Gasteiger partial charge >= 0.3 is 0 Å². The monoisotopic (exact) mass is 388 g/mol. The SMILES string of the molecule is N#CCOc1c(I)cc(Br)c2cccnc12. The van der Waals surface area contributed by atoms with Gasteiger partial charge in [-0.1, -0.05) is 22.0 Å². The summed E-state index contributed by atoms with van der Waals surface area (Å²) in [5, 5.41) is 9.52. The molecule has 80 valence electrons. The molecule has 0 spiro atoms. The standard InChI is InChI=1S/C11H6BrIN2O/c12-8-6-9(13)11(16-5-3-14)10-7(8)2-1-4-15-10/h1-2,4,6H,5H2. The summed E-state index contributed by atoms with van der Waals surface area (Å²) in [5.41, 5.74) is 0.775. The topological polar surface area (TPSA) is 45.9 Å². The minimum Gasteiger partial charge on any atom is -0.475 e. The molecule has 0 unspecified atom stereocenters. The first-order valence-corrected chi connectivity index (χ1v) is 6.33. The summed E-state index contributed by atoms with van der Waals surface area (Å²) < 4.78 is 7.31. The predicted octanol–water partition coefficient (Wildman–Crippen LogP) is 3.50. The zero-order chi connectivity index (χ0) is 11.5. The first-order chi connectivity index (χ1) is 7.74. The van der Waals surface area contributed by atoms with Crippen molar-refractivity contribution in [3.63, 3.8) is 0 Å². The van der Waals surface area contributed by atoms with Crippen molar-refractivity contribution in [2.24, 2.45) is 0 Å². The van der Waals surface area contributed by atoms with Gasteiger partial charge in [-0.15, -0.1) is 0 Å². The van der Waals surface area contributed by atoms with E-state index in [1.807, 2.05) is 24.3 Å². The first-order valence-electron chi connectivity index (χ1n) is 4.46. The van der Waals surface area contributed by atoms with Gasteiger partial charge in [-0.05, 0) is 34.7 Å². The maximum absolute atomic E-state index is 8.54. The molecule has 0 aliphatic carbocycles. The van der Waals surface area contributed by atoms with Gasteiger partial charge in [0.25, 0.3) is 0 Å². The second-order valence-electron chi connectivity index (χ2n) is 3.02. The molecule has 0 saturated heterocycles. The number of nitriles is 1. The van der Waals surface area contributed by atoms with Crippen LogP contribution in [-0.4, -0.2) is 11.6 Å². The summed E-state index contributed by atoms with van der Waals surface area (Å²) in [6, 6.07) is 7.74. The zero-order valence-corrected chi connectivity index (χ0v) is 11.8. The van der Waals surface area contributed by atoms with Crippen LogP contribution < -0.4 is 4.74 Å². The molecule has 2 rings (SSSR count). The van der Waals surface area contributed by atoms with Gasteiger partial charge < -0.3 is 4.74 Å². The lowest BCUT2D eigenvalue weighted by molar-refractivity contribution is 0.369. The van der Waals surface area contributed by atoms with Gasteiger partial charge in [0, 0.05) is 16.1 Å². The average molecular weight is 389 g/mol. The minimum absolute atomic E-state index is 0.0311. The number of hydrogen-bond acceptors (Lipinski definition) is 3. The average Bonchev–Trinajstić information content (AvgIpc) is 2.29. The molecular formula is C11H6BrIN2O. The Hall–Kier alpha value is -0.870. The normalized spacial score (nSPS) is 10.1. The molecule has 0 radical (unpaired) electrons. The molecule has 0 N–H and O–H groups in total. The molecule has 1 aromatic heterocycles. The van der Waals surface area contributed by atoms with Gasteiger partial charge in [-0.2, -0.15) is 5.26 Å². The van der Waals surface area contributed by atoms with E-state index >= 15 is 0 Å². The van der Waals surface area contributed by atoms with Crippen LogP contribution >= 0.6 is 38.5 Å². The summed E-state index contributed by atoms with van der Waals surface area (Å²) >= 11 is 5.65. The molecule has 1 aromatic carbocycles. The largest absolute Gasteiger partial charge is 0.475 e. The lowest BCUT2D eigenvalue weighted by Gasteiger charge is -2.09. The molecule has 3 nitrogen and oxygen atoms in total. The van der Waals surface area contributed by atoms with E-state index in [-0.39, 0.29) is 6.61 Å². The number of ether oxygens (including phenoxy) is 1. The third kappa shape index (κ3) is 2.13. The van der Waals surface area contributed by atoms with Gasteiger partial charge in [0.1, 0.15) is 11.6 Å². The Morgan fingerprint density at radius 1 is 1.56 bits per heavy atom. The number of benzene rings is 1. The highest BCUT2D eigenvalue weighted by molar-refractivity contribution is 14.1. The summed E-state index contributed by atoms with van der Waals surface area (Å²) in [6.45, 7) is 0.0311. The molecule has 0 fully saturated rings. The van der Waals surface area contributed by atoms with Gasteiger partial charge in [-0.3, -0.25) is 4.98 Å². The maximum atomic E-state index is 8.54. The van der Waals surface area contributed by atoms with E-state index in [2.05, 4.69) is 43.5 Å². The number of hydrogen-bond donors (Lipinski definition) is 0. The van der Waals surface area contributed by atoms with Crippen molar-refractivity contribution in [3.8, 4) is 11.8 Å². The van der Waals surface area contributed by atoms with Crippen LogP contribution in [0.4, 0.5) is 0 Å². The van der Waals surface area contributed by atoms with Gasteiger partial charge in [0.2, 0.25) is 0 Å². The fraction of sp³-hybridized carbons (Fsp3) is 0.0909. The predicted molar refractivity (Wildman–Crippen MR) is 73.3 cm³/mol. The van der Waals surface area contributed by atoms with Crippen molar-refractivity contribution >= 4 is 49.4 Å². The van der Waals surface area contributed by atoms with Gasteiger partial charge in [-0.25, -0.2) is 0 Å². The molecule has 0 aliphatic heterocycles. The van der Waals surface area contributed by atoms with Crippen molar-refractivity contribution < 1.29 is 4.74 Å². The van der Waals surface area contributed by atoms with E-state index in [1.54, 1.807) is 6.20 Å². The number of pyridine rings is 1. The van der Waals surface area contributed by atoms with E-state index < -0.39 is 0 Å². The fourth-order valence-corrected chi connectivity index (χ4v) is 3.09. The van der Waals surface area contributed by atoms with Crippen molar-refractivity contribution in [1.82, 2.24) is 4.98 Å². The smallest absolute Gasteiger partial charge is 0.174 e. The molecule has 5 heteroatoms. The lowest BCUT2D eigenvalue weighted by Crippen LogP contribution is -1.98. The molecule has 16 heavy (non-hydrogen) atoms. The van der Waals surface area contributed by atoms with Crippen LogP contribution in [0.2, 0.25) is 0 Å². The van der Waals surface area contributed by atoms with Crippen molar-refractivity contribution in [1.29, 1.82) is 5.26 Å². The summed E-state index contributed by atoms with van der Waals surface area (Å²) in [5.74, 6) is 0.668. The fourth-order valence-electron chi connectivity index (χ4n) is 1.39. The van der Waals surface area contributed by atoms with E-state index in [0.29, 0.717) is 5.75 Å². The van der Waals surface area contributed by atoms with Crippen LogP contribution in [0.15, 0.2) is 28.9 Å². The van der Waals surface area contributed by atoms with Crippen LogP contribution in [0.25, 0.3) is 10.9 Å². The molecule has 0 saturated carbocycles. The highest BCUT2D eigenvalue weighted by atomic mass is 127. The Bertz CT molecular complexity index is 580. The van der Waals surface area contributed by atoms with Gasteiger partial charge in [0.15, 0.2) is 12.4 Å². The maximum Gasteiger partial charge on any atom is 0.174 e. The zero-order valence-electron chi connectivity index (χ0n) is 8.08. The van der Waals surface area contributed by atoms with E-state index in [9.17, 15) is 0 Å². The van der Waals surface area contributed by atoms with E-state index in [0.717, 1.165) is 18.9 Å². The van der Waals surface area contributed by atoms with Crippen LogP contribution in [0.5, 0.6) is 5.75 Å². The number of halogens is 2. The summed E-state index contributed by atoms with van der Waals surface area (Å²) in [7, 11) is 0. The summed E-state index contributed by atoms with van der Waals surface area (Å²) in [6.07, 6.45) is 1.71. The Morgan fingerprint density at radius 2 is 2.38 bits per heavy atom. The third-order valence-electron chi connectivity index (χ3n) is 2.03. The van der Waals surface area contributed by atoms with Crippen LogP contribution in [0.3, 0.4) is 0 Å². The van der Waals surface area contributed by atoms with Crippen molar-refractivity contribution in [3.05, 3.63) is 32.4 Å². The van der Waals surface area contributed by atoms with Crippen molar-refractivity contribution in [2.75, 3.05) is 6.61 Å². The third-order valence-corrected chi connectivity index (χ3v) is 3.49. The van der Waals surface area contributed by atoms with E-state index in [4.69, 9.17) is 10.00 Å². The molecular weight excluding hydrogens is 383 g/mol. The summed E-state index contributed by atoms with van der Waals surface area (Å²) in [4.78, 5) is 4.29.